The minimum atomic E-state index is -0.0279. The second-order valence-electron chi connectivity index (χ2n) is 7.10. The highest BCUT2D eigenvalue weighted by Gasteiger charge is 2.15. The lowest BCUT2D eigenvalue weighted by Crippen LogP contribution is -2.20. The van der Waals surface area contributed by atoms with Crippen molar-refractivity contribution in [1.29, 1.82) is 0 Å². The van der Waals surface area contributed by atoms with Gasteiger partial charge in [0.05, 0.1) is 49.1 Å². The molecule has 1 aromatic carbocycles. The predicted molar refractivity (Wildman–Crippen MR) is 115 cm³/mol. The van der Waals surface area contributed by atoms with Crippen LogP contribution in [0.2, 0.25) is 0 Å². The molecular formula is C20H21N9O2. The van der Waals surface area contributed by atoms with Crippen LogP contribution in [0.25, 0.3) is 33.3 Å². The van der Waals surface area contributed by atoms with Crippen LogP contribution in [0.5, 0.6) is 0 Å². The molecule has 0 aliphatic rings. The highest BCUT2D eigenvalue weighted by molar-refractivity contribution is 5.89. The van der Waals surface area contributed by atoms with Crippen LogP contribution in [0.15, 0.2) is 43.0 Å². The Morgan fingerprint density at radius 1 is 1.03 bits per heavy atom. The molecule has 31 heavy (non-hydrogen) atoms. The standard InChI is InChI=1S/C20H21N9O2/c1-30-10-15(11-31-2)29-9-14(7-23-29)24-20-18-17(8-22-28-18)25-19(26-20)12-3-4-13-6-21-27-16(13)5-12/h3-9,15H,10-11H2,1-2H3,(H,21,27)(H,22,28)(H,24,25,26). The van der Waals surface area contributed by atoms with Gasteiger partial charge in [0.1, 0.15) is 11.0 Å². The molecular weight excluding hydrogens is 398 g/mol. The first kappa shape index (κ1) is 19.2. The fraction of sp³-hybridized carbons (Fsp3) is 0.250. The molecule has 0 aliphatic heterocycles. The average Bonchev–Trinajstić information content (AvgIpc) is 3.53. The van der Waals surface area contributed by atoms with Crippen LogP contribution in [0.3, 0.4) is 0 Å². The van der Waals surface area contributed by atoms with Crippen molar-refractivity contribution < 1.29 is 9.47 Å². The Kier molecular flexibility index (Phi) is 5.02. The molecule has 11 heteroatoms. The third kappa shape index (κ3) is 3.71. The number of nitrogens with one attached hydrogen (secondary N) is 3. The first-order valence-corrected chi connectivity index (χ1v) is 9.69. The Bertz CT molecular complexity index is 1320. The fourth-order valence-electron chi connectivity index (χ4n) is 3.46. The molecule has 3 N–H and O–H groups in total. The summed E-state index contributed by atoms with van der Waals surface area (Å²) in [5.41, 5.74) is 4.00. The molecule has 4 aromatic heterocycles. The van der Waals surface area contributed by atoms with E-state index in [-0.39, 0.29) is 6.04 Å². The molecule has 0 amide bonds. The highest BCUT2D eigenvalue weighted by Crippen LogP contribution is 2.27. The molecule has 0 spiro atoms. The van der Waals surface area contributed by atoms with E-state index in [1.54, 1.807) is 32.8 Å². The molecule has 0 aliphatic carbocycles. The molecule has 158 valence electrons. The maximum Gasteiger partial charge on any atom is 0.162 e. The van der Waals surface area contributed by atoms with Crippen LogP contribution in [-0.4, -0.2) is 67.6 Å². The molecule has 5 aromatic rings. The van der Waals surface area contributed by atoms with Gasteiger partial charge in [-0.3, -0.25) is 14.9 Å². The number of methoxy groups -OCH3 is 2. The van der Waals surface area contributed by atoms with Crippen molar-refractivity contribution in [2.45, 2.75) is 6.04 Å². The molecule has 0 saturated carbocycles. The first-order valence-electron chi connectivity index (χ1n) is 9.69. The third-order valence-electron chi connectivity index (χ3n) is 4.96. The van der Waals surface area contributed by atoms with Crippen molar-refractivity contribution in [2.75, 3.05) is 32.8 Å². The van der Waals surface area contributed by atoms with Crippen molar-refractivity contribution in [2.24, 2.45) is 0 Å². The summed E-state index contributed by atoms with van der Waals surface area (Å²) >= 11 is 0. The topological polar surface area (TPSA) is 131 Å². The van der Waals surface area contributed by atoms with Gasteiger partial charge in [0.15, 0.2) is 11.6 Å². The van der Waals surface area contributed by atoms with Crippen LogP contribution in [0.1, 0.15) is 6.04 Å². The van der Waals surface area contributed by atoms with Gasteiger partial charge in [-0.1, -0.05) is 12.1 Å². The average molecular weight is 419 g/mol. The van der Waals surface area contributed by atoms with Gasteiger partial charge in [-0.15, -0.1) is 0 Å². The lowest BCUT2D eigenvalue weighted by atomic mass is 10.1. The zero-order valence-corrected chi connectivity index (χ0v) is 17.0. The van der Waals surface area contributed by atoms with E-state index in [0.717, 1.165) is 22.2 Å². The number of aromatic amines is 2. The zero-order chi connectivity index (χ0) is 21.2. The van der Waals surface area contributed by atoms with Crippen LogP contribution >= 0.6 is 0 Å². The van der Waals surface area contributed by atoms with E-state index in [9.17, 15) is 0 Å². The summed E-state index contributed by atoms with van der Waals surface area (Å²) in [6, 6.07) is 5.91. The number of hydrogen-bond acceptors (Lipinski definition) is 8. The Morgan fingerprint density at radius 2 is 1.87 bits per heavy atom. The lowest BCUT2D eigenvalue weighted by molar-refractivity contribution is 0.0839. The maximum absolute atomic E-state index is 5.27. The minimum Gasteiger partial charge on any atom is -0.382 e. The van der Waals surface area contributed by atoms with Crippen molar-refractivity contribution in [3.63, 3.8) is 0 Å². The number of ether oxygens (including phenoxy) is 2. The van der Waals surface area contributed by atoms with Gasteiger partial charge >= 0.3 is 0 Å². The van der Waals surface area contributed by atoms with Gasteiger partial charge < -0.3 is 14.8 Å². The van der Waals surface area contributed by atoms with Crippen LogP contribution in [0, 0.1) is 0 Å². The normalized spacial score (nSPS) is 11.7. The minimum absolute atomic E-state index is 0.0279. The van der Waals surface area contributed by atoms with E-state index >= 15 is 0 Å². The molecule has 0 atom stereocenters. The zero-order valence-electron chi connectivity index (χ0n) is 17.0. The largest absolute Gasteiger partial charge is 0.382 e. The second kappa shape index (κ2) is 8.13. The quantitative estimate of drug-likeness (QED) is 0.350. The Morgan fingerprint density at radius 3 is 2.71 bits per heavy atom. The van der Waals surface area contributed by atoms with E-state index in [1.165, 1.54) is 0 Å². The van der Waals surface area contributed by atoms with E-state index in [1.807, 2.05) is 29.1 Å². The molecule has 4 heterocycles. The van der Waals surface area contributed by atoms with E-state index in [2.05, 4.69) is 35.8 Å². The van der Waals surface area contributed by atoms with Crippen molar-refractivity contribution >= 4 is 33.4 Å². The number of anilines is 2. The smallest absolute Gasteiger partial charge is 0.162 e. The molecule has 0 bridgehead atoms. The number of fused-ring (bicyclic) bond motifs is 2. The molecule has 5 rings (SSSR count). The number of benzene rings is 1. The Balaban J connectivity index is 1.49. The third-order valence-corrected chi connectivity index (χ3v) is 4.96. The summed E-state index contributed by atoms with van der Waals surface area (Å²) in [5, 5.41) is 22.9. The van der Waals surface area contributed by atoms with Gasteiger partial charge in [0.25, 0.3) is 0 Å². The molecule has 0 fully saturated rings. The second-order valence-corrected chi connectivity index (χ2v) is 7.10. The van der Waals surface area contributed by atoms with Gasteiger partial charge in [-0.05, 0) is 6.07 Å². The van der Waals surface area contributed by atoms with Gasteiger partial charge in [0.2, 0.25) is 0 Å². The molecule has 0 unspecified atom stereocenters. The number of hydrogen-bond donors (Lipinski definition) is 3. The SMILES string of the molecule is COCC(COC)n1cc(Nc2nc(-c3ccc4cn[nH]c4c3)nc3cn[nH]c23)cn1. The summed E-state index contributed by atoms with van der Waals surface area (Å²) in [6.07, 6.45) is 7.09. The van der Waals surface area contributed by atoms with Crippen LogP contribution in [0.4, 0.5) is 11.5 Å². The summed E-state index contributed by atoms with van der Waals surface area (Å²) < 4.78 is 12.4. The van der Waals surface area contributed by atoms with E-state index in [0.29, 0.717) is 35.9 Å². The highest BCUT2D eigenvalue weighted by atomic mass is 16.5. The Hall–Kier alpha value is -3.83. The summed E-state index contributed by atoms with van der Waals surface area (Å²) in [7, 11) is 3.31. The van der Waals surface area contributed by atoms with Gasteiger partial charge in [-0.2, -0.15) is 15.3 Å². The lowest BCUT2D eigenvalue weighted by Gasteiger charge is -2.15. The van der Waals surface area contributed by atoms with Crippen molar-refractivity contribution in [3.05, 3.63) is 43.0 Å². The first-order chi connectivity index (χ1) is 15.2. The van der Waals surface area contributed by atoms with Crippen molar-refractivity contribution in [1.82, 2.24) is 40.1 Å². The van der Waals surface area contributed by atoms with E-state index in [4.69, 9.17) is 14.5 Å². The van der Waals surface area contributed by atoms with E-state index < -0.39 is 0 Å². The van der Waals surface area contributed by atoms with Crippen LogP contribution < -0.4 is 5.32 Å². The number of aromatic nitrogens is 8. The molecule has 11 nitrogen and oxygen atoms in total. The number of H-pyrrole nitrogens is 2. The van der Waals surface area contributed by atoms with Gasteiger partial charge in [0, 0.05) is 31.4 Å². The maximum atomic E-state index is 5.27. The summed E-state index contributed by atoms with van der Waals surface area (Å²) in [6.45, 7) is 0.987. The Labute approximate surface area is 176 Å². The monoisotopic (exact) mass is 419 g/mol. The molecule has 0 radical (unpaired) electrons. The summed E-state index contributed by atoms with van der Waals surface area (Å²) in [5.74, 6) is 1.19. The van der Waals surface area contributed by atoms with Crippen LogP contribution in [-0.2, 0) is 9.47 Å². The number of rotatable bonds is 8. The number of nitrogens with zero attached hydrogens (tertiary/aromatic N) is 6. The predicted octanol–water partition coefficient (Wildman–Crippen LogP) is 2.67. The van der Waals surface area contributed by atoms with Gasteiger partial charge in [-0.25, -0.2) is 9.97 Å². The fourth-order valence-corrected chi connectivity index (χ4v) is 3.46. The summed E-state index contributed by atoms with van der Waals surface area (Å²) in [4.78, 5) is 9.39. The molecule has 0 saturated heterocycles. The van der Waals surface area contributed by atoms with Crippen molar-refractivity contribution in [3.8, 4) is 11.4 Å².